The Morgan fingerprint density at radius 1 is 1.15 bits per heavy atom. The van der Waals surface area contributed by atoms with Crippen LogP contribution in [0.25, 0.3) is 22.2 Å². The van der Waals surface area contributed by atoms with Crippen LogP contribution in [0, 0.1) is 0 Å². The topological polar surface area (TPSA) is 92.8 Å². The summed E-state index contributed by atoms with van der Waals surface area (Å²) in [5, 5.41) is 20.3. The van der Waals surface area contributed by atoms with Crippen LogP contribution in [-0.2, 0) is 20.8 Å². The van der Waals surface area contributed by atoms with Gasteiger partial charge < -0.3 is 23.7 Å². The lowest BCUT2D eigenvalue weighted by atomic mass is 10.1. The third-order valence-electron chi connectivity index (χ3n) is 7.94. The van der Waals surface area contributed by atoms with Crippen molar-refractivity contribution in [1.29, 1.82) is 0 Å². The van der Waals surface area contributed by atoms with Gasteiger partial charge in [-0.25, -0.2) is 4.68 Å². The van der Waals surface area contributed by atoms with E-state index in [0.29, 0.717) is 26.4 Å². The molecular formula is C29H46N4O5Si. The molecule has 1 aliphatic heterocycles. The van der Waals surface area contributed by atoms with Crippen LogP contribution in [0.4, 0.5) is 0 Å². The first-order valence-corrected chi connectivity index (χ1v) is 17.1. The zero-order chi connectivity index (χ0) is 28.2. The number of hydrogen-bond acceptors (Lipinski definition) is 7. The number of rotatable bonds is 12. The number of aliphatic hydroxyl groups excluding tert-OH is 1. The Balaban J connectivity index is 1.52. The Morgan fingerprint density at radius 2 is 1.95 bits per heavy atom. The van der Waals surface area contributed by atoms with E-state index in [4.69, 9.17) is 23.7 Å². The van der Waals surface area contributed by atoms with Gasteiger partial charge in [0.1, 0.15) is 11.4 Å². The zero-order valence-corrected chi connectivity index (χ0v) is 25.6. The molecule has 3 aromatic rings. The van der Waals surface area contributed by atoms with Crippen molar-refractivity contribution in [1.82, 2.24) is 19.6 Å². The summed E-state index contributed by atoms with van der Waals surface area (Å²) < 4.78 is 27.9. The molecule has 1 aromatic carbocycles. The van der Waals surface area contributed by atoms with E-state index in [2.05, 4.69) is 57.2 Å². The average Bonchev–Trinajstić information content (AvgIpc) is 3.50. The van der Waals surface area contributed by atoms with E-state index >= 15 is 0 Å². The van der Waals surface area contributed by atoms with E-state index in [-0.39, 0.29) is 17.4 Å². The number of aliphatic hydroxyl groups is 1. The van der Waals surface area contributed by atoms with Crippen LogP contribution in [0.3, 0.4) is 0 Å². The van der Waals surface area contributed by atoms with E-state index in [9.17, 15) is 5.11 Å². The monoisotopic (exact) mass is 558 g/mol. The number of aromatic nitrogens is 4. The molecule has 0 spiro atoms. The fraction of sp³-hybridized carbons (Fsp3) is 0.655. The SMILES string of the molecule is CC(O)C(C)OCCOCCn1cc(-c2nn(C3CCCCO3)c3ccc(O[Si](C)(C)C(C)(C)C)cc23)cn1. The van der Waals surface area contributed by atoms with Crippen molar-refractivity contribution < 1.29 is 23.7 Å². The van der Waals surface area contributed by atoms with Gasteiger partial charge in [-0.05, 0) is 69.4 Å². The summed E-state index contributed by atoms with van der Waals surface area (Å²) in [6.45, 7) is 17.7. The Hall–Kier alpha value is -2.24. The van der Waals surface area contributed by atoms with Crippen molar-refractivity contribution in [3.8, 4) is 17.0 Å². The van der Waals surface area contributed by atoms with E-state index in [0.717, 1.165) is 53.8 Å². The smallest absolute Gasteiger partial charge is 0.250 e. The van der Waals surface area contributed by atoms with Crippen molar-refractivity contribution in [3.05, 3.63) is 30.6 Å². The largest absolute Gasteiger partial charge is 0.543 e. The second kappa shape index (κ2) is 12.5. The first-order chi connectivity index (χ1) is 18.5. The second-order valence-electron chi connectivity index (χ2n) is 12.1. The van der Waals surface area contributed by atoms with Gasteiger partial charge in [-0.15, -0.1) is 0 Å². The van der Waals surface area contributed by atoms with Gasteiger partial charge in [0.15, 0.2) is 6.23 Å². The van der Waals surface area contributed by atoms with Gasteiger partial charge in [0.25, 0.3) is 0 Å². The van der Waals surface area contributed by atoms with E-state index < -0.39 is 14.4 Å². The molecule has 216 valence electrons. The highest BCUT2D eigenvalue weighted by Gasteiger charge is 2.39. The van der Waals surface area contributed by atoms with Gasteiger partial charge >= 0.3 is 0 Å². The molecule has 39 heavy (non-hydrogen) atoms. The van der Waals surface area contributed by atoms with Crippen LogP contribution >= 0.6 is 0 Å². The molecule has 10 heteroatoms. The van der Waals surface area contributed by atoms with Crippen molar-refractivity contribution in [2.45, 2.75) is 97.0 Å². The lowest BCUT2D eigenvalue weighted by Crippen LogP contribution is -2.43. The molecule has 3 unspecified atom stereocenters. The quantitative estimate of drug-likeness (QED) is 0.222. The fourth-order valence-electron chi connectivity index (χ4n) is 4.28. The van der Waals surface area contributed by atoms with Gasteiger partial charge in [0.05, 0.1) is 50.3 Å². The van der Waals surface area contributed by atoms with E-state index in [1.54, 1.807) is 6.92 Å². The Bertz CT molecular complexity index is 1210. The molecule has 0 saturated carbocycles. The maximum absolute atomic E-state index is 9.51. The highest BCUT2D eigenvalue weighted by atomic mass is 28.4. The summed E-state index contributed by atoms with van der Waals surface area (Å²) in [6.07, 6.45) is 6.30. The molecule has 3 atom stereocenters. The summed E-state index contributed by atoms with van der Waals surface area (Å²) >= 11 is 0. The average molecular weight is 559 g/mol. The number of nitrogens with zero attached hydrogens (tertiary/aromatic N) is 4. The maximum Gasteiger partial charge on any atom is 0.250 e. The molecule has 0 bridgehead atoms. The summed E-state index contributed by atoms with van der Waals surface area (Å²) in [4.78, 5) is 0. The summed E-state index contributed by atoms with van der Waals surface area (Å²) in [5.41, 5.74) is 2.88. The van der Waals surface area contributed by atoms with Crippen molar-refractivity contribution >= 4 is 19.2 Å². The molecule has 1 N–H and O–H groups in total. The van der Waals surface area contributed by atoms with Crippen LogP contribution in [0.1, 0.15) is 60.1 Å². The highest BCUT2D eigenvalue weighted by molar-refractivity contribution is 6.74. The Kier molecular flexibility index (Phi) is 9.54. The molecule has 3 heterocycles. The predicted molar refractivity (Wildman–Crippen MR) is 156 cm³/mol. The zero-order valence-electron chi connectivity index (χ0n) is 24.6. The van der Waals surface area contributed by atoms with Crippen LogP contribution in [0.15, 0.2) is 30.6 Å². The number of ether oxygens (including phenoxy) is 3. The van der Waals surface area contributed by atoms with Gasteiger partial charge in [-0.3, -0.25) is 4.68 Å². The van der Waals surface area contributed by atoms with Crippen molar-refractivity contribution in [2.24, 2.45) is 0 Å². The van der Waals surface area contributed by atoms with Crippen LogP contribution in [0.5, 0.6) is 5.75 Å². The fourth-order valence-corrected chi connectivity index (χ4v) is 5.30. The van der Waals surface area contributed by atoms with E-state index in [1.807, 2.05) is 28.7 Å². The summed E-state index contributed by atoms with van der Waals surface area (Å²) in [5.74, 6) is 0.882. The van der Waals surface area contributed by atoms with Crippen LogP contribution < -0.4 is 4.43 Å². The summed E-state index contributed by atoms with van der Waals surface area (Å²) in [6, 6.07) is 6.32. The molecule has 0 amide bonds. The maximum atomic E-state index is 9.51. The molecule has 1 aliphatic rings. The Labute approximate surface area is 233 Å². The minimum Gasteiger partial charge on any atom is -0.543 e. The molecule has 9 nitrogen and oxygen atoms in total. The molecule has 2 aromatic heterocycles. The van der Waals surface area contributed by atoms with Gasteiger partial charge in [0.2, 0.25) is 8.32 Å². The first-order valence-electron chi connectivity index (χ1n) is 14.2. The number of benzene rings is 1. The number of fused-ring (bicyclic) bond motifs is 1. The van der Waals surface area contributed by atoms with E-state index in [1.165, 1.54) is 0 Å². The minimum atomic E-state index is -1.99. The van der Waals surface area contributed by atoms with Gasteiger partial charge in [0, 0.05) is 23.8 Å². The van der Waals surface area contributed by atoms with Crippen LogP contribution in [-0.4, -0.2) is 71.6 Å². The standard InChI is InChI=1S/C29H46N4O5Si/c1-21(34)22(2)36-17-16-35-15-13-32-20-23(19-30-32)28-25-18-24(38-39(6,7)29(3,4)5)11-12-26(25)33(31-28)27-10-8-9-14-37-27/h11-12,18-22,27,34H,8-10,13-17H2,1-7H3. The van der Waals surface area contributed by atoms with Gasteiger partial charge in [-0.2, -0.15) is 10.2 Å². The Morgan fingerprint density at radius 3 is 2.64 bits per heavy atom. The third kappa shape index (κ3) is 7.29. The van der Waals surface area contributed by atoms with Crippen molar-refractivity contribution in [3.63, 3.8) is 0 Å². The third-order valence-corrected chi connectivity index (χ3v) is 12.3. The van der Waals surface area contributed by atoms with Crippen LogP contribution in [0.2, 0.25) is 18.1 Å². The molecule has 4 rings (SSSR count). The normalized spacial score (nSPS) is 18.4. The molecule has 0 aliphatic carbocycles. The molecular weight excluding hydrogens is 512 g/mol. The molecule has 1 fully saturated rings. The first kappa shape index (κ1) is 29.7. The van der Waals surface area contributed by atoms with Crippen molar-refractivity contribution in [2.75, 3.05) is 26.4 Å². The predicted octanol–water partition coefficient (Wildman–Crippen LogP) is 5.79. The lowest BCUT2D eigenvalue weighted by molar-refractivity contribution is -0.0413. The molecule has 0 radical (unpaired) electrons. The second-order valence-corrected chi connectivity index (χ2v) is 16.8. The molecule has 1 saturated heterocycles. The summed E-state index contributed by atoms with van der Waals surface area (Å²) in [7, 11) is -1.99. The highest BCUT2D eigenvalue weighted by Crippen LogP contribution is 2.39. The lowest BCUT2D eigenvalue weighted by Gasteiger charge is -2.36. The minimum absolute atomic E-state index is 0.0654. The number of hydrogen-bond donors (Lipinski definition) is 1. The van der Waals surface area contributed by atoms with Gasteiger partial charge in [-0.1, -0.05) is 20.8 Å².